The topological polar surface area (TPSA) is 154 Å². The molecule has 0 saturated heterocycles. The van der Waals surface area contributed by atoms with Crippen LogP contribution in [0.2, 0.25) is 0 Å². The molecular formula is C22H34N4O5S2. The minimum absolute atomic E-state index is 0.0482. The highest BCUT2D eigenvalue weighted by Gasteiger charge is 2.23. The molecule has 11 heteroatoms. The van der Waals surface area contributed by atoms with Gasteiger partial charge in [-0.1, -0.05) is 12.1 Å². The summed E-state index contributed by atoms with van der Waals surface area (Å²) in [6.45, 7) is 5.40. The number of aryl methyl sites for hydroxylation is 1. The predicted molar refractivity (Wildman–Crippen MR) is 129 cm³/mol. The molecule has 184 valence electrons. The van der Waals surface area contributed by atoms with Crippen LogP contribution in [0.1, 0.15) is 32.8 Å². The molecule has 1 atom stereocenters. The van der Waals surface area contributed by atoms with E-state index in [1.54, 1.807) is 45.0 Å². The number of rotatable bonds is 12. The second kappa shape index (κ2) is 10.5. The molecule has 33 heavy (non-hydrogen) atoms. The summed E-state index contributed by atoms with van der Waals surface area (Å²) >= 11 is 0. The van der Waals surface area contributed by atoms with Crippen molar-refractivity contribution in [3.63, 3.8) is 0 Å². The highest BCUT2D eigenvalue weighted by molar-refractivity contribution is 7.89. The molecule has 6 N–H and O–H groups in total. The van der Waals surface area contributed by atoms with Gasteiger partial charge in [-0.3, -0.25) is 0 Å². The van der Waals surface area contributed by atoms with Gasteiger partial charge in [0.2, 0.25) is 20.0 Å². The normalized spacial score (nSPS) is 14.6. The molecule has 0 aromatic heterocycles. The van der Waals surface area contributed by atoms with Crippen LogP contribution in [-0.2, 0) is 26.5 Å². The summed E-state index contributed by atoms with van der Waals surface area (Å²) < 4.78 is 59.9. The van der Waals surface area contributed by atoms with E-state index in [9.17, 15) is 16.8 Å². The number of nitrogens with one attached hydrogen (secondary N) is 2. The zero-order valence-electron chi connectivity index (χ0n) is 19.5. The minimum atomic E-state index is -3.71. The van der Waals surface area contributed by atoms with Gasteiger partial charge in [0.05, 0.1) is 16.9 Å². The Morgan fingerprint density at radius 2 is 1.24 bits per heavy atom. The van der Waals surface area contributed by atoms with Crippen LogP contribution in [0.5, 0.6) is 5.75 Å². The van der Waals surface area contributed by atoms with Crippen molar-refractivity contribution in [1.82, 2.24) is 9.44 Å². The zero-order valence-corrected chi connectivity index (χ0v) is 21.1. The number of ether oxygens (including phenoxy) is 1. The Morgan fingerprint density at radius 3 is 1.70 bits per heavy atom. The third-order valence-corrected chi connectivity index (χ3v) is 7.81. The average Bonchev–Trinajstić information content (AvgIpc) is 2.75. The van der Waals surface area contributed by atoms with Crippen molar-refractivity contribution in [1.29, 1.82) is 0 Å². The quantitative estimate of drug-likeness (QED) is 0.344. The monoisotopic (exact) mass is 498 g/mol. The molecule has 2 aromatic carbocycles. The van der Waals surface area contributed by atoms with Crippen LogP contribution >= 0.6 is 0 Å². The third-order valence-electron chi connectivity index (χ3n) is 4.97. The van der Waals surface area contributed by atoms with Crippen LogP contribution < -0.4 is 25.6 Å². The highest BCUT2D eigenvalue weighted by Crippen LogP contribution is 2.18. The van der Waals surface area contributed by atoms with Gasteiger partial charge in [-0.2, -0.15) is 0 Å². The largest absolute Gasteiger partial charge is 0.497 e. The van der Waals surface area contributed by atoms with Crippen molar-refractivity contribution in [3.8, 4) is 5.75 Å². The molecule has 0 fully saturated rings. The molecule has 9 nitrogen and oxygen atoms in total. The summed E-state index contributed by atoms with van der Waals surface area (Å²) in [5.74, 6) is 0.565. The fourth-order valence-corrected chi connectivity index (χ4v) is 5.22. The molecule has 0 aliphatic heterocycles. The maximum atomic E-state index is 12.5. The summed E-state index contributed by atoms with van der Waals surface area (Å²) in [5, 5.41) is 0. The summed E-state index contributed by atoms with van der Waals surface area (Å²) in [5.41, 5.74) is 11.6. The van der Waals surface area contributed by atoms with Gasteiger partial charge in [0.25, 0.3) is 0 Å². The molecule has 0 radical (unpaired) electrons. The first kappa shape index (κ1) is 27.2. The zero-order chi connectivity index (χ0) is 24.9. The van der Waals surface area contributed by atoms with E-state index in [4.69, 9.17) is 16.2 Å². The number of benzene rings is 2. The number of hydrogen-bond donors (Lipinski definition) is 4. The molecule has 2 aromatic rings. The number of nitrogens with two attached hydrogens (primary N) is 2. The van der Waals surface area contributed by atoms with Crippen molar-refractivity contribution in [2.24, 2.45) is 11.5 Å². The van der Waals surface area contributed by atoms with Gasteiger partial charge < -0.3 is 16.2 Å². The van der Waals surface area contributed by atoms with Crippen molar-refractivity contribution in [3.05, 3.63) is 54.1 Å². The second-order valence-electron chi connectivity index (χ2n) is 9.11. The summed E-state index contributed by atoms with van der Waals surface area (Å²) in [6.07, 6.45) is 1.05. The molecule has 0 aliphatic rings. The third kappa shape index (κ3) is 8.69. The van der Waals surface area contributed by atoms with E-state index in [0.29, 0.717) is 18.6 Å². The molecule has 0 bridgehead atoms. The Morgan fingerprint density at radius 1 is 0.788 bits per heavy atom. The molecule has 0 aliphatic carbocycles. The summed E-state index contributed by atoms with van der Waals surface area (Å²) in [7, 11) is -5.85. The Balaban J connectivity index is 1.93. The Bertz CT molecular complexity index is 1120. The predicted octanol–water partition coefficient (Wildman–Crippen LogP) is 1.34. The van der Waals surface area contributed by atoms with E-state index in [2.05, 4.69) is 9.44 Å². The van der Waals surface area contributed by atoms with E-state index in [1.165, 1.54) is 31.4 Å². The molecule has 1 unspecified atom stereocenters. The van der Waals surface area contributed by atoms with Crippen LogP contribution in [0.25, 0.3) is 0 Å². The molecule has 0 saturated carbocycles. The Labute approximate surface area is 197 Å². The van der Waals surface area contributed by atoms with Crippen molar-refractivity contribution >= 4 is 20.0 Å². The summed E-state index contributed by atoms with van der Waals surface area (Å²) in [4.78, 5) is 0.279. The first-order chi connectivity index (χ1) is 15.1. The lowest BCUT2D eigenvalue weighted by Gasteiger charge is -2.25. The van der Waals surface area contributed by atoms with Gasteiger partial charge in [-0.25, -0.2) is 26.3 Å². The molecule has 0 spiro atoms. The molecule has 2 rings (SSSR count). The van der Waals surface area contributed by atoms with E-state index in [0.717, 1.165) is 5.56 Å². The average molecular weight is 499 g/mol. The van der Waals surface area contributed by atoms with E-state index in [-0.39, 0.29) is 22.9 Å². The maximum Gasteiger partial charge on any atom is 0.240 e. The van der Waals surface area contributed by atoms with Crippen molar-refractivity contribution in [2.75, 3.05) is 20.2 Å². The lowest BCUT2D eigenvalue weighted by Crippen LogP contribution is -2.48. The van der Waals surface area contributed by atoms with E-state index >= 15 is 0 Å². The van der Waals surface area contributed by atoms with Gasteiger partial charge in [0, 0.05) is 24.2 Å². The first-order valence-corrected chi connectivity index (χ1v) is 13.4. The lowest BCUT2D eigenvalue weighted by atomic mass is 9.95. The van der Waals surface area contributed by atoms with Crippen LogP contribution in [0, 0.1) is 0 Å². The summed E-state index contributed by atoms with van der Waals surface area (Å²) in [6, 6.07) is 12.6. The Kier molecular flexibility index (Phi) is 8.66. The highest BCUT2D eigenvalue weighted by atomic mass is 32.2. The lowest BCUT2D eigenvalue weighted by molar-refractivity contribution is 0.414. The number of methoxy groups -OCH3 is 1. The van der Waals surface area contributed by atoms with Crippen molar-refractivity contribution in [2.45, 2.75) is 54.5 Å². The van der Waals surface area contributed by atoms with E-state index in [1.807, 2.05) is 0 Å². The minimum Gasteiger partial charge on any atom is -0.497 e. The van der Waals surface area contributed by atoms with Gasteiger partial charge in [-0.15, -0.1) is 0 Å². The second-order valence-corrected chi connectivity index (χ2v) is 12.6. The number of hydrogen-bond acceptors (Lipinski definition) is 7. The smallest absolute Gasteiger partial charge is 0.240 e. The number of sulfonamides is 2. The SMILES string of the molecule is COc1ccc(S(=O)(=O)NCC(C)(N)CCc2ccc(S(=O)(=O)NCC(C)(C)N)cc2)cc1. The van der Waals surface area contributed by atoms with Crippen LogP contribution in [0.4, 0.5) is 0 Å². The fraction of sp³-hybridized carbons (Fsp3) is 0.455. The van der Waals surface area contributed by atoms with Crippen LogP contribution in [0.15, 0.2) is 58.3 Å². The fourth-order valence-electron chi connectivity index (χ4n) is 2.82. The van der Waals surface area contributed by atoms with Gasteiger partial charge >= 0.3 is 0 Å². The van der Waals surface area contributed by atoms with Gasteiger partial charge in [0.1, 0.15) is 5.75 Å². The molecular weight excluding hydrogens is 464 g/mol. The molecule has 0 amide bonds. The first-order valence-electron chi connectivity index (χ1n) is 10.4. The Hall–Kier alpha value is -2.02. The standard InChI is InChI=1S/C22H34N4O5S2/c1-21(2,23)15-25-32(27,28)19-9-5-17(6-10-19)13-14-22(3,24)16-26-33(29,30)20-11-7-18(31-4)8-12-20/h5-12,25-26H,13-16,23-24H2,1-4H3. The van der Waals surface area contributed by atoms with Crippen LogP contribution in [0.3, 0.4) is 0 Å². The van der Waals surface area contributed by atoms with Crippen LogP contribution in [-0.4, -0.2) is 48.1 Å². The maximum absolute atomic E-state index is 12.5. The van der Waals surface area contributed by atoms with Gasteiger partial charge in [-0.05, 0) is 75.6 Å². The van der Waals surface area contributed by atoms with Gasteiger partial charge in [0.15, 0.2) is 0 Å². The van der Waals surface area contributed by atoms with Crippen molar-refractivity contribution < 1.29 is 21.6 Å². The molecule has 0 heterocycles. The van der Waals surface area contributed by atoms with E-state index < -0.39 is 31.1 Å².